The zero-order valence-electron chi connectivity index (χ0n) is 16.3. The summed E-state index contributed by atoms with van der Waals surface area (Å²) in [7, 11) is 0. The van der Waals surface area contributed by atoms with Gasteiger partial charge in [-0.25, -0.2) is 0 Å². The van der Waals surface area contributed by atoms with E-state index in [1.165, 1.54) is 0 Å². The molecule has 0 saturated carbocycles. The molecule has 0 heterocycles. The first-order valence-electron chi connectivity index (χ1n) is 9.16. The number of amides is 1. The number of carbonyl (C=O) groups excluding carboxylic acids is 1. The van der Waals surface area contributed by atoms with Crippen LogP contribution in [0.25, 0.3) is 0 Å². The second-order valence-electron chi connectivity index (χ2n) is 6.63. The van der Waals surface area contributed by atoms with E-state index in [0.717, 1.165) is 22.3 Å². The number of benzene rings is 2. The third-order valence-corrected chi connectivity index (χ3v) is 4.40. The highest BCUT2D eigenvalue weighted by molar-refractivity contribution is 9.10. The fraction of sp³-hybridized carbons (Fsp3) is 0.333. The van der Waals surface area contributed by atoms with Crippen LogP contribution >= 0.6 is 28.1 Å². The molecule has 0 fully saturated rings. The number of rotatable bonds is 8. The highest BCUT2D eigenvalue weighted by Crippen LogP contribution is 2.26. The quantitative estimate of drug-likeness (QED) is 0.512. The van der Waals surface area contributed by atoms with E-state index in [9.17, 15) is 4.79 Å². The van der Waals surface area contributed by atoms with Gasteiger partial charge in [-0.05, 0) is 83.0 Å². The van der Waals surface area contributed by atoms with Crippen molar-refractivity contribution >= 4 is 44.9 Å². The van der Waals surface area contributed by atoms with Crippen molar-refractivity contribution in [1.29, 1.82) is 0 Å². The summed E-state index contributed by atoms with van der Waals surface area (Å²) < 4.78 is 12.0. The summed E-state index contributed by atoms with van der Waals surface area (Å²) in [6, 6.07) is 12.6. The Balaban J connectivity index is 1.90. The molecule has 0 spiro atoms. The molecule has 2 aromatic rings. The van der Waals surface area contributed by atoms with Gasteiger partial charge in [-0.1, -0.05) is 20.8 Å². The number of nitrogens with one attached hydrogen (secondary N) is 2. The smallest absolute Gasteiger partial charge is 0.257 e. The van der Waals surface area contributed by atoms with Gasteiger partial charge in [-0.3, -0.25) is 10.1 Å². The maximum Gasteiger partial charge on any atom is 0.257 e. The van der Waals surface area contributed by atoms with Crippen LogP contribution < -0.4 is 20.1 Å². The molecule has 1 amide bonds. The highest BCUT2D eigenvalue weighted by atomic mass is 79.9. The van der Waals surface area contributed by atoms with Crippen LogP contribution in [0, 0.1) is 5.92 Å². The summed E-state index contributed by atoms with van der Waals surface area (Å²) in [6.07, 6.45) is 0.916. The molecule has 2 N–H and O–H groups in total. The SMILES string of the molecule is CCCOc1ccc(C(=O)NC(=S)Nc2ccc(OCC(C)C)cc2)cc1Br. The van der Waals surface area contributed by atoms with Crippen LogP contribution in [0.2, 0.25) is 0 Å². The monoisotopic (exact) mass is 464 g/mol. The van der Waals surface area contributed by atoms with Crippen LogP contribution in [0.1, 0.15) is 37.6 Å². The second kappa shape index (κ2) is 11.0. The highest BCUT2D eigenvalue weighted by Gasteiger charge is 2.11. The molecule has 0 atom stereocenters. The lowest BCUT2D eigenvalue weighted by Gasteiger charge is -2.12. The molecule has 0 aromatic heterocycles. The van der Waals surface area contributed by atoms with Crippen molar-refractivity contribution in [2.45, 2.75) is 27.2 Å². The summed E-state index contributed by atoms with van der Waals surface area (Å²) in [4.78, 5) is 12.4. The van der Waals surface area contributed by atoms with Gasteiger partial charge in [0, 0.05) is 11.3 Å². The maximum absolute atomic E-state index is 12.4. The first kappa shape index (κ1) is 22.2. The van der Waals surface area contributed by atoms with Crippen LogP contribution in [0.4, 0.5) is 5.69 Å². The third kappa shape index (κ3) is 7.13. The molecule has 0 radical (unpaired) electrons. The topological polar surface area (TPSA) is 59.6 Å². The molecule has 7 heteroatoms. The van der Waals surface area contributed by atoms with Gasteiger partial charge >= 0.3 is 0 Å². The van der Waals surface area contributed by atoms with Crippen molar-refractivity contribution in [3.05, 3.63) is 52.5 Å². The molecule has 0 bridgehead atoms. The largest absolute Gasteiger partial charge is 0.493 e. The minimum atomic E-state index is -0.294. The van der Waals surface area contributed by atoms with E-state index in [2.05, 4.69) is 40.4 Å². The molecule has 0 saturated heterocycles. The van der Waals surface area contributed by atoms with Crippen molar-refractivity contribution in [3.63, 3.8) is 0 Å². The molecule has 28 heavy (non-hydrogen) atoms. The van der Waals surface area contributed by atoms with E-state index in [1.807, 2.05) is 31.2 Å². The minimum Gasteiger partial charge on any atom is -0.493 e. The van der Waals surface area contributed by atoms with E-state index >= 15 is 0 Å². The Morgan fingerprint density at radius 3 is 2.46 bits per heavy atom. The van der Waals surface area contributed by atoms with Gasteiger partial charge in [0.25, 0.3) is 5.91 Å². The van der Waals surface area contributed by atoms with Gasteiger partial charge in [0.15, 0.2) is 5.11 Å². The van der Waals surface area contributed by atoms with Crippen LogP contribution in [0.5, 0.6) is 11.5 Å². The average molecular weight is 465 g/mol. The molecular formula is C21H25BrN2O3S. The lowest BCUT2D eigenvalue weighted by atomic mass is 10.2. The Bertz CT molecular complexity index is 810. The van der Waals surface area contributed by atoms with E-state index in [1.54, 1.807) is 18.2 Å². The van der Waals surface area contributed by atoms with Crippen LogP contribution in [0.15, 0.2) is 46.9 Å². The van der Waals surface area contributed by atoms with Gasteiger partial charge in [0.2, 0.25) is 0 Å². The second-order valence-corrected chi connectivity index (χ2v) is 7.89. The van der Waals surface area contributed by atoms with Gasteiger partial charge in [-0.2, -0.15) is 0 Å². The molecule has 150 valence electrons. The summed E-state index contributed by atoms with van der Waals surface area (Å²) >= 11 is 8.66. The number of halogens is 1. The first-order valence-corrected chi connectivity index (χ1v) is 10.4. The Morgan fingerprint density at radius 2 is 1.86 bits per heavy atom. The van der Waals surface area contributed by atoms with Crippen LogP contribution in [-0.4, -0.2) is 24.2 Å². The van der Waals surface area contributed by atoms with E-state index in [4.69, 9.17) is 21.7 Å². The molecule has 0 aliphatic carbocycles. The van der Waals surface area contributed by atoms with Crippen molar-refractivity contribution in [3.8, 4) is 11.5 Å². The van der Waals surface area contributed by atoms with Crippen molar-refractivity contribution < 1.29 is 14.3 Å². The first-order chi connectivity index (χ1) is 13.4. The predicted molar refractivity (Wildman–Crippen MR) is 120 cm³/mol. The number of anilines is 1. The minimum absolute atomic E-state index is 0.225. The summed E-state index contributed by atoms with van der Waals surface area (Å²) in [6.45, 7) is 7.52. The molecule has 0 aliphatic rings. The normalized spacial score (nSPS) is 10.5. The zero-order chi connectivity index (χ0) is 20.5. The molecule has 5 nitrogen and oxygen atoms in total. The van der Waals surface area contributed by atoms with Gasteiger partial charge in [0.05, 0.1) is 17.7 Å². The van der Waals surface area contributed by atoms with Crippen molar-refractivity contribution in [2.24, 2.45) is 5.92 Å². The lowest BCUT2D eigenvalue weighted by Crippen LogP contribution is -2.34. The molecule has 2 aromatic carbocycles. The number of thiocarbonyl (C=S) groups is 1. The molecular weight excluding hydrogens is 440 g/mol. The summed E-state index contributed by atoms with van der Waals surface area (Å²) in [5.74, 6) is 1.67. The standard InChI is InChI=1S/C21H25BrN2O3S/c1-4-11-26-19-10-5-15(12-18(19)22)20(25)24-21(28)23-16-6-8-17(9-7-16)27-13-14(2)3/h5-10,12,14H,4,11,13H2,1-3H3,(H2,23,24,25,28). The number of carbonyl (C=O) groups is 1. The summed E-state index contributed by atoms with van der Waals surface area (Å²) in [5, 5.41) is 5.90. The average Bonchev–Trinajstić information content (AvgIpc) is 2.66. The number of hydrogen-bond donors (Lipinski definition) is 2. The fourth-order valence-corrected chi connectivity index (χ4v) is 2.91. The third-order valence-electron chi connectivity index (χ3n) is 3.58. The number of hydrogen-bond acceptors (Lipinski definition) is 4. The zero-order valence-corrected chi connectivity index (χ0v) is 18.7. The van der Waals surface area contributed by atoms with Crippen LogP contribution in [-0.2, 0) is 0 Å². The lowest BCUT2D eigenvalue weighted by molar-refractivity contribution is 0.0977. The van der Waals surface area contributed by atoms with E-state index in [0.29, 0.717) is 30.4 Å². The van der Waals surface area contributed by atoms with Gasteiger partial charge < -0.3 is 14.8 Å². The number of ether oxygens (including phenoxy) is 2. The molecule has 0 unspecified atom stereocenters. The van der Waals surface area contributed by atoms with Crippen molar-refractivity contribution in [1.82, 2.24) is 5.32 Å². The summed E-state index contributed by atoms with van der Waals surface area (Å²) in [5.41, 5.74) is 1.25. The molecule has 0 aliphatic heterocycles. The Hall–Kier alpha value is -2.12. The Morgan fingerprint density at radius 1 is 1.14 bits per heavy atom. The van der Waals surface area contributed by atoms with Gasteiger partial charge in [0.1, 0.15) is 11.5 Å². The maximum atomic E-state index is 12.4. The Labute approximate surface area is 179 Å². The van der Waals surface area contributed by atoms with E-state index < -0.39 is 0 Å². The van der Waals surface area contributed by atoms with Crippen molar-refractivity contribution in [2.75, 3.05) is 18.5 Å². The Kier molecular flexibility index (Phi) is 8.73. The van der Waals surface area contributed by atoms with E-state index in [-0.39, 0.29) is 11.0 Å². The van der Waals surface area contributed by atoms with Crippen LogP contribution in [0.3, 0.4) is 0 Å². The fourth-order valence-electron chi connectivity index (χ4n) is 2.21. The predicted octanol–water partition coefficient (Wildman–Crippen LogP) is 5.40. The van der Waals surface area contributed by atoms with Gasteiger partial charge in [-0.15, -0.1) is 0 Å². The molecule has 2 rings (SSSR count).